The Labute approximate surface area is 142 Å². The van der Waals surface area contributed by atoms with Gasteiger partial charge in [0.15, 0.2) is 12.3 Å². The number of aromatic nitrogens is 2. The van der Waals surface area contributed by atoms with Crippen LogP contribution in [0, 0.1) is 6.92 Å². The SMILES string of the molecule is Cc1cccc2[nH]c(COc3ccc4ccccc4c3Br)c[n+]12. The first kappa shape index (κ1) is 14.3. The van der Waals surface area contributed by atoms with E-state index in [1.807, 2.05) is 24.3 Å². The van der Waals surface area contributed by atoms with Gasteiger partial charge in [0, 0.05) is 6.07 Å². The predicted molar refractivity (Wildman–Crippen MR) is 94.7 cm³/mol. The number of nitrogens with one attached hydrogen (secondary N) is 1. The number of aryl methyl sites for hydroxylation is 1. The summed E-state index contributed by atoms with van der Waals surface area (Å²) in [7, 11) is 0. The molecule has 0 unspecified atom stereocenters. The summed E-state index contributed by atoms with van der Waals surface area (Å²) >= 11 is 3.66. The number of hydrogen-bond donors (Lipinski definition) is 1. The standard InChI is InChI=1S/C19H15BrN2O/c1-13-5-4-8-18-21-15(11-22(13)18)12-23-17-10-9-14-6-2-3-7-16(14)19(17)20/h2-11H,12H2,1H3/p+1. The summed E-state index contributed by atoms with van der Waals surface area (Å²) < 4.78 is 9.14. The van der Waals surface area contributed by atoms with E-state index in [-0.39, 0.29) is 0 Å². The summed E-state index contributed by atoms with van der Waals surface area (Å²) in [6.45, 7) is 2.59. The second-order valence-electron chi connectivity index (χ2n) is 5.59. The largest absolute Gasteiger partial charge is 0.484 e. The molecule has 3 nitrogen and oxygen atoms in total. The molecule has 0 radical (unpaired) electrons. The number of hydrogen-bond acceptors (Lipinski definition) is 1. The van der Waals surface area contributed by atoms with Crippen molar-refractivity contribution in [3.05, 3.63) is 76.7 Å². The van der Waals surface area contributed by atoms with Gasteiger partial charge in [-0.3, -0.25) is 0 Å². The lowest BCUT2D eigenvalue weighted by Crippen LogP contribution is -2.22. The van der Waals surface area contributed by atoms with Gasteiger partial charge in [-0.25, -0.2) is 4.98 Å². The number of H-pyrrole nitrogens is 1. The predicted octanol–water partition coefficient (Wildman–Crippen LogP) is 4.56. The second kappa shape index (κ2) is 5.70. The molecule has 2 aromatic heterocycles. The molecule has 0 aliphatic rings. The van der Waals surface area contributed by atoms with E-state index < -0.39 is 0 Å². The molecular formula is C19H16BrN2O+. The molecule has 0 spiro atoms. The summed E-state index contributed by atoms with van der Waals surface area (Å²) in [6.07, 6.45) is 2.08. The van der Waals surface area contributed by atoms with Crippen LogP contribution in [0.25, 0.3) is 16.4 Å². The minimum atomic E-state index is 0.498. The Morgan fingerprint density at radius 2 is 1.91 bits per heavy atom. The number of rotatable bonds is 3. The minimum absolute atomic E-state index is 0.498. The Morgan fingerprint density at radius 1 is 1.04 bits per heavy atom. The smallest absolute Gasteiger partial charge is 0.284 e. The number of ether oxygens (including phenoxy) is 1. The Bertz CT molecular complexity index is 1010. The van der Waals surface area contributed by atoms with E-state index in [0.29, 0.717) is 6.61 Å². The summed E-state index contributed by atoms with van der Waals surface area (Å²) in [5.41, 5.74) is 3.30. The molecule has 114 valence electrons. The Kier molecular flexibility index (Phi) is 3.54. The highest BCUT2D eigenvalue weighted by molar-refractivity contribution is 9.10. The minimum Gasteiger partial charge on any atom is -0.484 e. The van der Waals surface area contributed by atoms with Crippen LogP contribution in [0.1, 0.15) is 11.4 Å². The van der Waals surface area contributed by atoms with Gasteiger partial charge in [-0.1, -0.05) is 36.4 Å². The van der Waals surface area contributed by atoms with Crippen molar-refractivity contribution in [2.45, 2.75) is 13.5 Å². The lowest BCUT2D eigenvalue weighted by Gasteiger charge is -2.08. The molecule has 4 heteroatoms. The van der Waals surface area contributed by atoms with Gasteiger partial charge >= 0.3 is 0 Å². The van der Waals surface area contributed by atoms with Crippen LogP contribution in [-0.2, 0) is 6.61 Å². The van der Waals surface area contributed by atoms with Crippen molar-refractivity contribution >= 4 is 32.3 Å². The second-order valence-corrected chi connectivity index (χ2v) is 6.38. The zero-order chi connectivity index (χ0) is 15.8. The fourth-order valence-corrected chi connectivity index (χ4v) is 3.42. The zero-order valence-corrected chi connectivity index (χ0v) is 14.3. The maximum atomic E-state index is 6.01. The van der Waals surface area contributed by atoms with E-state index in [1.165, 1.54) is 11.1 Å². The van der Waals surface area contributed by atoms with Crippen molar-refractivity contribution < 1.29 is 9.14 Å². The molecule has 0 aliphatic carbocycles. The van der Waals surface area contributed by atoms with E-state index in [4.69, 9.17) is 4.74 Å². The van der Waals surface area contributed by atoms with Crippen molar-refractivity contribution in [3.8, 4) is 5.75 Å². The van der Waals surface area contributed by atoms with Crippen molar-refractivity contribution in [2.75, 3.05) is 0 Å². The highest BCUT2D eigenvalue weighted by Crippen LogP contribution is 2.33. The van der Waals surface area contributed by atoms with E-state index in [1.54, 1.807) is 0 Å². The molecule has 2 aromatic carbocycles. The maximum Gasteiger partial charge on any atom is 0.284 e. The van der Waals surface area contributed by atoms with Crippen molar-refractivity contribution in [2.24, 2.45) is 0 Å². The van der Waals surface area contributed by atoms with Gasteiger partial charge in [0.2, 0.25) is 0 Å². The van der Waals surface area contributed by atoms with Gasteiger partial charge in [-0.15, -0.1) is 0 Å². The van der Waals surface area contributed by atoms with E-state index in [0.717, 1.165) is 26.9 Å². The average Bonchev–Trinajstić information content (AvgIpc) is 2.99. The number of benzene rings is 2. The van der Waals surface area contributed by atoms with Crippen LogP contribution in [0.3, 0.4) is 0 Å². The molecular weight excluding hydrogens is 352 g/mol. The van der Waals surface area contributed by atoms with Crippen LogP contribution in [0.4, 0.5) is 0 Å². The fraction of sp³-hybridized carbons (Fsp3) is 0.105. The highest BCUT2D eigenvalue weighted by atomic mass is 79.9. The lowest BCUT2D eigenvalue weighted by atomic mass is 10.1. The molecule has 0 atom stereocenters. The number of fused-ring (bicyclic) bond motifs is 2. The molecule has 4 rings (SSSR count). The normalized spacial score (nSPS) is 11.2. The van der Waals surface area contributed by atoms with E-state index in [9.17, 15) is 0 Å². The Balaban J connectivity index is 1.63. The van der Waals surface area contributed by atoms with Gasteiger partial charge in [-0.2, -0.15) is 4.40 Å². The van der Waals surface area contributed by atoms with Crippen LogP contribution in [0.15, 0.2) is 65.3 Å². The molecule has 4 aromatic rings. The molecule has 2 heterocycles. The van der Waals surface area contributed by atoms with Crippen LogP contribution >= 0.6 is 15.9 Å². The third-order valence-electron chi connectivity index (χ3n) is 4.02. The summed E-state index contributed by atoms with van der Waals surface area (Å²) in [5.74, 6) is 0.851. The number of nitrogens with zero attached hydrogens (tertiary/aromatic N) is 1. The van der Waals surface area contributed by atoms with E-state index >= 15 is 0 Å². The zero-order valence-electron chi connectivity index (χ0n) is 12.7. The van der Waals surface area contributed by atoms with Gasteiger partial charge in [0.05, 0.1) is 4.47 Å². The van der Waals surface area contributed by atoms with Crippen molar-refractivity contribution in [1.82, 2.24) is 4.98 Å². The number of imidazole rings is 1. The van der Waals surface area contributed by atoms with Gasteiger partial charge < -0.3 is 4.74 Å². The maximum absolute atomic E-state index is 6.01. The monoisotopic (exact) mass is 367 g/mol. The Morgan fingerprint density at radius 3 is 2.78 bits per heavy atom. The Hall–Kier alpha value is -2.33. The molecule has 0 saturated carbocycles. The third kappa shape index (κ3) is 2.59. The summed E-state index contributed by atoms with van der Waals surface area (Å²) in [5, 5.41) is 2.36. The van der Waals surface area contributed by atoms with Crippen LogP contribution in [-0.4, -0.2) is 4.98 Å². The first-order chi connectivity index (χ1) is 11.2. The molecule has 23 heavy (non-hydrogen) atoms. The molecule has 0 amide bonds. The van der Waals surface area contributed by atoms with Gasteiger partial charge in [0.1, 0.15) is 17.6 Å². The molecule has 0 aliphatic heterocycles. The van der Waals surface area contributed by atoms with Crippen LogP contribution in [0.2, 0.25) is 0 Å². The first-order valence-corrected chi connectivity index (χ1v) is 8.30. The van der Waals surface area contributed by atoms with E-state index in [2.05, 4.69) is 68.8 Å². The topological polar surface area (TPSA) is 29.1 Å². The number of aromatic amines is 1. The quantitative estimate of drug-likeness (QED) is 0.528. The fourth-order valence-electron chi connectivity index (χ4n) is 2.81. The molecule has 0 fully saturated rings. The number of pyridine rings is 1. The lowest BCUT2D eigenvalue weighted by molar-refractivity contribution is -0.518. The first-order valence-electron chi connectivity index (χ1n) is 7.51. The molecule has 0 saturated heterocycles. The van der Waals surface area contributed by atoms with Crippen LogP contribution in [0.5, 0.6) is 5.75 Å². The summed E-state index contributed by atoms with van der Waals surface area (Å²) in [6, 6.07) is 18.6. The third-order valence-corrected chi connectivity index (χ3v) is 4.83. The highest BCUT2D eigenvalue weighted by Gasteiger charge is 2.12. The van der Waals surface area contributed by atoms with Crippen LogP contribution < -0.4 is 9.14 Å². The molecule has 1 N–H and O–H groups in total. The van der Waals surface area contributed by atoms with Gasteiger partial charge in [0.25, 0.3) is 5.65 Å². The summed E-state index contributed by atoms with van der Waals surface area (Å²) in [4.78, 5) is 3.39. The van der Waals surface area contributed by atoms with Crippen molar-refractivity contribution in [3.63, 3.8) is 0 Å². The van der Waals surface area contributed by atoms with Gasteiger partial charge in [-0.05, 0) is 45.8 Å². The average molecular weight is 368 g/mol. The number of halogens is 1. The molecule has 0 bridgehead atoms. The van der Waals surface area contributed by atoms with Crippen molar-refractivity contribution in [1.29, 1.82) is 0 Å².